The first kappa shape index (κ1) is 23.4. The number of carbonyl (C=O) groups excluding carboxylic acids is 1. The van der Waals surface area contributed by atoms with Gasteiger partial charge in [-0.3, -0.25) is 10.1 Å². The molecule has 8 nitrogen and oxygen atoms in total. The van der Waals surface area contributed by atoms with Crippen molar-refractivity contribution in [1.29, 1.82) is 0 Å². The molecule has 9 heteroatoms. The third-order valence-electron chi connectivity index (χ3n) is 5.79. The van der Waals surface area contributed by atoms with E-state index in [-0.39, 0.29) is 12.1 Å². The van der Waals surface area contributed by atoms with Crippen molar-refractivity contribution >= 4 is 40.3 Å². The predicted octanol–water partition coefficient (Wildman–Crippen LogP) is 3.69. The Balaban J connectivity index is 1.50. The number of amides is 1. The van der Waals surface area contributed by atoms with E-state index in [4.69, 9.17) is 0 Å². The highest BCUT2D eigenvalue weighted by atomic mass is 32.2. The second-order valence-electron chi connectivity index (χ2n) is 8.11. The molecule has 3 N–H and O–H groups in total. The minimum atomic E-state index is 0.0888. The van der Waals surface area contributed by atoms with Crippen LogP contribution < -0.4 is 16.0 Å². The van der Waals surface area contributed by atoms with Gasteiger partial charge in [0.2, 0.25) is 11.9 Å². The number of anilines is 2. The second-order valence-corrected chi connectivity index (χ2v) is 9.26. The van der Waals surface area contributed by atoms with Gasteiger partial charge < -0.3 is 20.1 Å². The Hall–Kier alpha value is -2.78. The van der Waals surface area contributed by atoms with Gasteiger partial charge in [-0.1, -0.05) is 13.8 Å². The Morgan fingerprint density at radius 3 is 2.91 bits per heavy atom. The van der Waals surface area contributed by atoms with Gasteiger partial charge in [0.1, 0.15) is 5.82 Å². The molecule has 1 aliphatic heterocycles. The highest BCUT2D eigenvalue weighted by Gasteiger charge is 2.25. The molecule has 0 radical (unpaired) electrons. The van der Waals surface area contributed by atoms with Crippen molar-refractivity contribution in [1.82, 2.24) is 24.8 Å². The van der Waals surface area contributed by atoms with Crippen LogP contribution in [0.3, 0.4) is 0 Å². The topological polar surface area (TPSA) is 87.1 Å². The lowest BCUT2D eigenvalue weighted by molar-refractivity contribution is -0.133. The quantitative estimate of drug-likeness (QED) is 0.442. The van der Waals surface area contributed by atoms with Crippen LogP contribution in [0.15, 0.2) is 36.7 Å². The van der Waals surface area contributed by atoms with E-state index in [9.17, 15) is 4.79 Å². The van der Waals surface area contributed by atoms with Crippen LogP contribution in [0.4, 0.5) is 11.8 Å². The molecule has 1 aromatic carbocycles. The monoisotopic (exact) mass is 467 g/mol. The molecular weight excluding hydrogens is 434 g/mol. The van der Waals surface area contributed by atoms with Crippen LogP contribution in [0, 0.1) is 0 Å². The van der Waals surface area contributed by atoms with E-state index in [1.807, 2.05) is 30.6 Å². The van der Waals surface area contributed by atoms with E-state index in [2.05, 4.69) is 74.1 Å². The highest BCUT2D eigenvalue weighted by molar-refractivity contribution is 7.99. The minimum absolute atomic E-state index is 0.0888. The summed E-state index contributed by atoms with van der Waals surface area (Å²) in [6.45, 7) is 6.47. The van der Waals surface area contributed by atoms with Crippen LogP contribution in [0.5, 0.6) is 0 Å². The lowest BCUT2D eigenvalue weighted by atomic mass is 10.2. The van der Waals surface area contributed by atoms with E-state index in [1.54, 1.807) is 0 Å². The molecular formula is C24H33N7OS. The molecule has 1 atom stereocenters. The fraction of sp³-hybridized carbons (Fsp3) is 0.458. The zero-order valence-electron chi connectivity index (χ0n) is 19.6. The molecule has 0 bridgehead atoms. The van der Waals surface area contributed by atoms with Gasteiger partial charge in [0, 0.05) is 68.1 Å². The van der Waals surface area contributed by atoms with Gasteiger partial charge in [-0.25, -0.2) is 4.98 Å². The molecule has 2 aromatic heterocycles. The maximum atomic E-state index is 12.3. The van der Waals surface area contributed by atoms with Crippen molar-refractivity contribution in [2.75, 3.05) is 42.3 Å². The summed E-state index contributed by atoms with van der Waals surface area (Å²) in [6.07, 6.45) is 5.87. The standard InChI is InChI=1S/C24H33N7OS/c1-4-9-26-23-19-7-6-18(13-20(19)28-24(25-3)29-23)30-10-8-17(15-30)14-27-21-16-33-12-11-31(21)22(32)5-2/h6-8,10,13,15,21,27H,4-5,9,11-12,14,16H2,1-3H3,(H2,25,26,28,29). The number of hydrogen-bond acceptors (Lipinski definition) is 7. The van der Waals surface area contributed by atoms with Gasteiger partial charge in [-0.15, -0.1) is 0 Å². The van der Waals surface area contributed by atoms with Gasteiger partial charge in [0.15, 0.2) is 0 Å². The van der Waals surface area contributed by atoms with E-state index in [0.29, 0.717) is 12.4 Å². The Morgan fingerprint density at radius 2 is 2.12 bits per heavy atom. The lowest BCUT2D eigenvalue weighted by Crippen LogP contribution is -2.53. The first-order valence-electron chi connectivity index (χ1n) is 11.6. The molecule has 0 aliphatic carbocycles. The molecule has 1 amide bonds. The first-order chi connectivity index (χ1) is 16.1. The SMILES string of the molecule is CCCNc1nc(NC)nc2cc(-n3ccc(CNC4CSCCN4C(=O)CC)c3)ccc12. The Kier molecular flexibility index (Phi) is 7.72. The van der Waals surface area contributed by atoms with Crippen LogP contribution >= 0.6 is 11.8 Å². The summed E-state index contributed by atoms with van der Waals surface area (Å²) in [5, 5.41) is 11.0. The summed E-state index contributed by atoms with van der Waals surface area (Å²) < 4.78 is 2.11. The van der Waals surface area contributed by atoms with Crippen molar-refractivity contribution in [2.24, 2.45) is 0 Å². The largest absolute Gasteiger partial charge is 0.369 e. The van der Waals surface area contributed by atoms with E-state index in [1.165, 1.54) is 5.56 Å². The number of benzene rings is 1. The van der Waals surface area contributed by atoms with E-state index < -0.39 is 0 Å². The van der Waals surface area contributed by atoms with Crippen molar-refractivity contribution in [2.45, 2.75) is 39.4 Å². The van der Waals surface area contributed by atoms with Crippen LogP contribution in [-0.4, -0.2) is 63.2 Å². The molecule has 176 valence electrons. The highest BCUT2D eigenvalue weighted by Crippen LogP contribution is 2.25. The van der Waals surface area contributed by atoms with Crippen LogP contribution in [0.2, 0.25) is 0 Å². The van der Waals surface area contributed by atoms with Gasteiger partial charge in [0.25, 0.3) is 0 Å². The maximum absolute atomic E-state index is 12.3. The van der Waals surface area contributed by atoms with Gasteiger partial charge in [-0.05, 0) is 36.2 Å². The molecule has 3 aromatic rings. The van der Waals surface area contributed by atoms with E-state index in [0.717, 1.165) is 60.0 Å². The summed E-state index contributed by atoms with van der Waals surface area (Å²) in [4.78, 5) is 23.5. The van der Waals surface area contributed by atoms with E-state index >= 15 is 0 Å². The Bertz CT molecular complexity index is 1100. The van der Waals surface area contributed by atoms with Gasteiger partial charge >= 0.3 is 0 Å². The molecule has 0 spiro atoms. The molecule has 1 fully saturated rings. The summed E-state index contributed by atoms with van der Waals surface area (Å²) in [5.74, 6) is 3.62. The summed E-state index contributed by atoms with van der Waals surface area (Å²) in [6, 6.07) is 8.38. The summed E-state index contributed by atoms with van der Waals surface area (Å²) >= 11 is 1.90. The van der Waals surface area contributed by atoms with Crippen LogP contribution in [0.1, 0.15) is 32.3 Å². The average Bonchev–Trinajstić information content (AvgIpc) is 3.34. The third kappa shape index (κ3) is 5.42. The van der Waals surface area contributed by atoms with Crippen molar-refractivity contribution in [3.05, 3.63) is 42.2 Å². The first-order valence-corrected chi connectivity index (χ1v) is 12.8. The molecule has 4 rings (SSSR count). The van der Waals surface area contributed by atoms with Crippen molar-refractivity contribution in [3.8, 4) is 5.69 Å². The van der Waals surface area contributed by atoms with Crippen LogP contribution in [0.25, 0.3) is 16.6 Å². The fourth-order valence-corrected chi connectivity index (χ4v) is 5.00. The molecule has 33 heavy (non-hydrogen) atoms. The predicted molar refractivity (Wildman–Crippen MR) is 137 cm³/mol. The molecule has 1 aliphatic rings. The summed E-state index contributed by atoms with van der Waals surface area (Å²) in [7, 11) is 1.83. The van der Waals surface area contributed by atoms with Crippen molar-refractivity contribution in [3.63, 3.8) is 0 Å². The number of aromatic nitrogens is 3. The van der Waals surface area contributed by atoms with Gasteiger partial charge in [-0.2, -0.15) is 16.7 Å². The lowest BCUT2D eigenvalue weighted by Gasteiger charge is -2.35. The smallest absolute Gasteiger partial charge is 0.224 e. The molecule has 0 saturated carbocycles. The molecule has 1 saturated heterocycles. The normalized spacial score (nSPS) is 16.2. The number of carbonyl (C=O) groups is 1. The summed E-state index contributed by atoms with van der Waals surface area (Å²) in [5.41, 5.74) is 3.12. The Labute approximate surface area is 199 Å². The second kappa shape index (κ2) is 10.9. The average molecular weight is 468 g/mol. The number of rotatable bonds is 9. The third-order valence-corrected chi connectivity index (χ3v) is 6.81. The molecule has 3 heterocycles. The number of hydrogen-bond donors (Lipinski definition) is 3. The zero-order chi connectivity index (χ0) is 23.2. The number of thioether (sulfide) groups is 1. The van der Waals surface area contributed by atoms with Crippen LogP contribution in [-0.2, 0) is 11.3 Å². The number of fused-ring (bicyclic) bond motifs is 1. The maximum Gasteiger partial charge on any atom is 0.224 e. The number of nitrogens with zero attached hydrogens (tertiary/aromatic N) is 4. The van der Waals surface area contributed by atoms with Gasteiger partial charge in [0.05, 0.1) is 11.7 Å². The fourth-order valence-electron chi connectivity index (χ4n) is 3.98. The van der Waals surface area contributed by atoms with Crippen molar-refractivity contribution < 1.29 is 4.79 Å². The molecule has 1 unspecified atom stereocenters. The zero-order valence-corrected chi connectivity index (χ0v) is 20.4. The Morgan fingerprint density at radius 1 is 1.24 bits per heavy atom. The number of nitrogens with one attached hydrogen (secondary N) is 3. The minimum Gasteiger partial charge on any atom is -0.369 e.